The van der Waals surface area contributed by atoms with E-state index in [4.69, 9.17) is 32.7 Å². The van der Waals surface area contributed by atoms with Crippen molar-refractivity contribution in [1.29, 1.82) is 0 Å². The van der Waals surface area contributed by atoms with E-state index >= 15 is 0 Å². The number of hydrogen-bond acceptors (Lipinski definition) is 7. The molecule has 0 aromatic heterocycles. The quantitative estimate of drug-likeness (QED) is 0.146. The molecule has 2 atom stereocenters. The van der Waals surface area contributed by atoms with Crippen molar-refractivity contribution in [2.24, 2.45) is 5.41 Å². The molecule has 1 fully saturated rings. The van der Waals surface area contributed by atoms with Crippen molar-refractivity contribution in [2.45, 2.75) is 110 Å². The maximum atomic E-state index is 7.43. The number of allylic oxidation sites excluding steroid dienone is 1. The molecule has 0 amide bonds. The number of ether oxygens (including phenoxy) is 4. The zero-order valence-corrected chi connectivity index (χ0v) is 28.8. The van der Waals surface area contributed by atoms with Crippen molar-refractivity contribution >= 4 is 15.4 Å². The third-order valence-electron chi connectivity index (χ3n) is 9.61. The molecule has 0 unspecified atom stereocenters. The van der Waals surface area contributed by atoms with E-state index in [1.54, 1.807) is 28.4 Å². The molecule has 1 heterocycles. The smallest absolute Gasteiger partial charge is 0.454 e. The van der Waals surface area contributed by atoms with Crippen molar-refractivity contribution in [3.05, 3.63) is 52.5 Å². The van der Waals surface area contributed by atoms with Crippen molar-refractivity contribution in [2.75, 3.05) is 28.4 Å². The van der Waals surface area contributed by atoms with Crippen LogP contribution in [0.2, 0.25) is 23.4 Å². The van der Waals surface area contributed by atoms with Gasteiger partial charge in [-0.25, -0.2) is 0 Å². The number of methoxy groups -OCH3 is 4. The van der Waals surface area contributed by atoms with Gasteiger partial charge in [0.15, 0.2) is 6.29 Å². The Morgan fingerprint density at radius 1 is 0.976 bits per heavy atom. The van der Waals surface area contributed by atoms with Crippen LogP contribution in [0.25, 0.3) is 0 Å². The molecular formula is C32H53BO7Si. The van der Waals surface area contributed by atoms with Gasteiger partial charge in [0.2, 0.25) is 0 Å². The molecule has 0 saturated carbocycles. The summed E-state index contributed by atoms with van der Waals surface area (Å²) in [6.45, 7) is 22.4. The van der Waals surface area contributed by atoms with Crippen LogP contribution in [0.4, 0.5) is 0 Å². The molecule has 7 nitrogen and oxygen atoms in total. The minimum absolute atomic E-state index is 0.420. The zero-order chi connectivity index (χ0) is 30.9. The van der Waals surface area contributed by atoms with E-state index < -0.39 is 38.8 Å². The van der Waals surface area contributed by atoms with Gasteiger partial charge < -0.3 is 32.7 Å². The fourth-order valence-corrected chi connectivity index (χ4v) is 13.0. The standard InChI is InChI=1S/C32H53BO7Si/c1-20(2)41(21(3)4,22(5)6)39-27-18-32(31(8,9)25(19-34-11)23(27)7)29(38-33(10)40-32)28-24(30(36-13)37-14)16-15-17-26(28)35-12/h15-17,19-22,29-30H,18H2,1-14H3/b25-19+/t29-,32+/m0/s1. The van der Waals surface area contributed by atoms with Gasteiger partial charge in [-0.1, -0.05) is 67.5 Å². The Morgan fingerprint density at radius 2 is 1.56 bits per heavy atom. The molecule has 0 bridgehead atoms. The lowest BCUT2D eigenvalue weighted by Crippen LogP contribution is -2.55. The minimum Gasteiger partial charge on any atom is -0.545 e. The fraction of sp³-hybridized carbons (Fsp3) is 0.688. The van der Waals surface area contributed by atoms with Gasteiger partial charge in [-0.3, -0.25) is 0 Å². The van der Waals surface area contributed by atoms with Crippen molar-refractivity contribution in [1.82, 2.24) is 0 Å². The second-order valence-electron chi connectivity index (χ2n) is 12.9. The molecule has 41 heavy (non-hydrogen) atoms. The maximum Gasteiger partial charge on any atom is 0.454 e. The summed E-state index contributed by atoms with van der Waals surface area (Å²) in [6, 6.07) is 5.91. The molecule has 1 aliphatic heterocycles. The lowest BCUT2D eigenvalue weighted by Gasteiger charge is -2.54. The lowest BCUT2D eigenvalue weighted by molar-refractivity contribution is -0.109. The Balaban J connectivity index is 2.36. The summed E-state index contributed by atoms with van der Waals surface area (Å²) in [4.78, 5) is 0. The Bertz CT molecular complexity index is 1100. The average molecular weight is 589 g/mol. The molecule has 1 saturated heterocycles. The van der Waals surface area contributed by atoms with E-state index in [1.165, 1.54) is 0 Å². The van der Waals surface area contributed by atoms with Crippen LogP contribution in [0.1, 0.15) is 92.3 Å². The first-order valence-electron chi connectivity index (χ1n) is 14.9. The highest BCUT2D eigenvalue weighted by atomic mass is 28.4. The van der Waals surface area contributed by atoms with Crippen LogP contribution in [0.15, 0.2) is 41.4 Å². The number of rotatable bonds is 11. The zero-order valence-electron chi connectivity index (χ0n) is 27.8. The predicted octanol–water partition coefficient (Wildman–Crippen LogP) is 8.36. The summed E-state index contributed by atoms with van der Waals surface area (Å²) in [5.41, 5.74) is 3.74. The summed E-state index contributed by atoms with van der Waals surface area (Å²) >= 11 is 0. The molecular weight excluding hydrogens is 535 g/mol. The Labute approximate surface area is 250 Å². The Kier molecular flexibility index (Phi) is 10.6. The van der Waals surface area contributed by atoms with Gasteiger partial charge in [0.05, 0.1) is 31.8 Å². The molecule has 230 valence electrons. The maximum absolute atomic E-state index is 7.43. The van der Waals surface area contributed by atoms with Gasteiger partial charge in [-0.15, -0.1) is 0 Å². The molecule has 2 aliphatic rings. The molecule has 0 radical (unpaired) electrons. The molecule has 3 rings (SSSR count). The summed E-state index contributed by atoms with van der Waals surface area (Å²) in [5, 5.41) is 0. The summed E-state index contributed by atoms with van der Waals surface area (Å²) in [5.74, 6) is 1.66. The predicted molar refractivity (Wildman–Crippen MR) is 167 cm³/mol. The van der Waals surface area contributed by atoms with E-state index in [-0.39, 0.29) is 0 Å². The van der Waals surface area contributed by atoms with E-state index in [1.807, 2.05) is 31.3 Å². The minimum atomic E-state index is -2.29. The van der Waals surface area contributed by atoms with Crippen molar-refractivity contribution in [3.63, 3.8) is 0 Å². The second-order valence-corrected chi connectivity index (χ2v) is 18.3. The van der Waals surface area contributed by atoms with Crippen LogP contribution < -0.4 is 4.74 Å². The number of hydrogen-bond donors (Lipinski definition) is 0. The molecule has 9 heteroatoms. The van der Waals surface area contributed by atoms with E-state index in [0.29, 0.717) is 28.8 Å². The second kappa shape index (κ2) is 12.8. The summed E-state index contributed by atoms with van der Waals surface area (Å²) < 4.78 is 44.3. The largest absolute Gasteiger partial charge is 0.545 e. The van der Waals surface area contributed by atoms with Crippen LogP contribution in [0, 0.1) is 5.41 Å². The summed E-state index contributed by atoms with van der Waals surface area (Å²) in [7, 11) is 3.89. The van der Waals surface area contributed by atoms with Gasteiger partial charge in [0, 0.05) is 42.8 Å². The van der Waals surface area contributed by atoms with Crippen LogP contribution in [0.3, 0.4) is 0 Å². The van der Waals surface area contributed by atoms with Crippen molar-refractivity contribution in [3.8, 4) is 5.75 Å². The third-order valence-corrected chi connectivity index (χ3v) is 15.6. The monoisotopic (exact) mass is 588 g/mol. The lowest BCUT2D eigenvalue weighted by atomic mass is 9.59. The Hall–Kier alpha value is -1.78. The van der Waals surface area contributed by atoms with E-state index in [0.717, 1.165) is 28.0 Å². The molecule has 1 spiro atoms. The molecule has 0 N–H and O–H groups in total. The first kappa shape index (κ1) is 33.7. The topological polar surface area (TPSA) is 64.6 Å². The van der Waals surface area contributed by atoms with E-state index in [9.17, 15) is 0 Å². The van der Waals surface area contributed by atoms with Crippen LogP contribution in [-0.4, -0.2) is 49.5 Å². The van der Waals surface area contributed by atoms with Gasteiger partial charge in [0.25, 0.3) is 8.32 Å². The van der Waals surface area contributed by atoms with Crippen LogP contribution in [0.5, 0.6) is 5.75 Å². The van der Waals surface area contributed by atoms with Crippen LogP contribution >= 0.6 is 0 Å². The average Bonchev–Trinajstić information content (AvgIpc) is 3.24. The highest BCUT2D eigenvalue weighted by Gasteiger charge is 2.64. The van der Waals surface area contributed by atoms with Gasteiger partial charge in [-0.2, -0.15) is 0 Å². The summed E-state index contributed by atoms with van der Waals surface area (Å²) in [6.07, 6.45) is 1.29. The highest BCUT2D eigenvalue weighted by molar-refractivity contribution is 6.77. The first-order chi connectivity index (χ1) is 19.2. The van der Waals surface area contributed by atoms with Gasteiger partial charge in [-0.05, 0) is 42.0 Å². The third kappa shape index (κ3) is 5.53. The molecule has 1 aromatic carbocycles. The Morgan fingerprint density at radius 3 is 2.05 bits per heavy atom. The van der Waals surface area contributed by atoms with Gasteiger partial charge in [0.1, 0.15) is 11.9 Å². The van der Waals surface area contributed by atoms with E-state index in [2.05, 4.69) is 62.3 Å². The molecule has 1 aliphatic carbocycles. The van der Waals surface area contributed by atoms with Gasteiger partial charge >= 0.3 is 7.12 Å². The van der Waals surface area contributed by atoms with Crippen molar-refractivity contribution < 1.29 is 32.7 Å². The van der Waals surface area contributed by atoms with Crippen LogP contribution in [-0.2, 0) is 27.9 Å². The number of benzene rings is 1. The highest BCUT2D eigenvalue weighted by Crippen LogP contribution is 2.63. The SMILES string of the molecule is CO/C=C1\C(C)=C(O[Si](C(C)C)(C(C)C)C(C)C)C[C@]2(OB(C)O[C@H]2c2c(OC)cccc2C(OC)OC)C1(C)C. The normalized spacial score (nSPS) is 24.1. The first-order valence-corrected chi connectivity index (χ1v) is 17.0. The molecule has 1 aromatic rings. The fourth-order valence-electron chi connectivity index (χ4n) is 7.65.